The van der Waals surface area contributed by atoms with Crippen LogP contribution in [0.1, 0.15) is 33.1 Å². The predicted octanol–water partition coefficient (Wildman–Crippen LogP) is 2.22. The summed E-state index contributed by atoms with van der Waals surface area (Å²) in [6.45, 7) is 7.39. The first kappa shape index (κ1) is 14.2. The van der Waals surface area contributed by atoms with Gasteiger partial charge in [0, 0.05) is 19.1 Å². The number of rotatable bonds is 5. The molecule has 106 valence electrons. The third-order valence-electron chi connectivity index (χ3n) is 3.77. The zero-order chi connectivity index (χ0) is 13.7. The molecule has 0 spiro atoms. The molecule has 1 aromatic heterocycles. The van der Waals surface area contributed by atoms with Crippen LogP contribution in [0.4, 0.5) is 10.3 Å². The summed E-state index contributed by atoms with van der Waals surface area (Å²) in [4.78, 5) is 10.3. The van der Waals surface area contributed by atoms with Crippen LogP contribution in [0.5, 0.6) is 0 Å². The number of halogens is 1. The maximum absolute atomic E-state index is 12.8. The van der Waals surface area contributed by atoms with Crippen LogP contribution < -0.4 is 10.2 Å². The summed E-state index contributed by atoms with van der Waals surface area (Å²) in [5, 5.41) is 3.56. The van der Waals surface area contributed by atoms with E-state index in [0.717, 1.165) is 32.5 Å². The van der Waals surface area contributed by atoms with Gasteiger partial charge in [-0.25, -0.2) is 14.4 Å². The van der Waals surface area contributed by atoms with E-state index in [1.807, 2.05) is 0 Å². The van der Waals surface area contributed by atoms with E-state index in [0.29, 0.717) is 17.9 Å². The zero-order valence-corrected chi connectivity index (χ0v) is 11.8. The summed E-state index contributed by atoms with van der Waals surface area (Å²) < 4.78 is 12.8. The lowest BCUT2D eigenvalue weighted by atomic mass is 9.91. The van der Waals surface area contributed by atoms with E-state index in [4.69, 9.17) is 0 Å². The number of nitrogens with zero attached hydrogens (tertiary/aromatic N) is 3. The van der Waals surface area contributed by atoms with Crippen LogP contribution >= 0.6 is 0 Å². The Morgan fingerprint density at radius 3 is 2.89 bits per heavy atom. The Labute approximate surface area is 114 Å². The molecule has 0 aliphatic carbocycles. The molecule has 2 atom stereocenters. The van der Waals surface area contributed by atoms with Gasteiger partial charge in [0.15, 0.2) is 5.82 Å². The molecular formula is C14H23FN4. The molecule has 0 saturated carbocycles. The summed E-state index contributed by atoms with van der Waals surface area (Å²) in [7, 11) is 0. The van der Waals surface area contributed by atoms with Crippen molar-refractivity contribution < 1.29 is 4.39 Å². The summed E-state index contributed by atoms with van der Waals surface area (Å²) >= 11 is 0. The summed E-state index contributed by atoms with van der Waals surface area (Å²) in [5.41, 5.74) is 0. The Morgan fingerprint density at radius 1 is 1.47 bits per heavy atom. The molecule has 0 bridgehead atoms. The first-order valence-corrected chi connectivity index (χ1v) is 7.16. The minimum atomic E-state index is -0.379. The molecule has 1 fully saturated rings. The van der Waals surface area contributed by atoms with Crippen molar-refractivity contribution in [1.82, 2.24) is 15.3 Å². The number of hydrogen-bond acceptors (Lipinski definition) is 4. The van der Waals surface area contributed by atoms with Crippen LogP contribution in [0.15, 0.2) is 12.4 Å². The molecule has 4 nitrogen and oxygen atoms in total. The van der Waals surface area contributed by atoms with Gasteiger partial charge < -0.3 is 10.2 Å². The minimum absolute atomic E-state index is 0.379. The molecule has 0 aromatic carbocycles. The van der Waals surface area contributed by atoms with E-state index in [9.17, 15) is 4.39 Å². The van der Waals surface area contributed by atoms with Gasteiger partial charge in [-0.05, 0) is 38.6 Å². The van der Waals surface area contributed by atoms with E-state index in [1.165, 1.54) is 18.8 Å². The SMILES string of the molecule is CCCNC(C)C1CCCN(c2ncc(F)cn2)C1. The van der Waals surface area contributed by atoms with Gasteiger partial charge in [-0.2, -0.15) is 0 Å². The van der Waals surface area contributed by atoms with Crippen molar-refractivity contribution in [3.05, 3.63) is 18.2 Å². The second-order valence-electron chi connectivity index (χ2n) is 5.29. The van der Waals surface area contributed by atoms with Gasteiger partial charge in [0.25, 0.3) is 0 Å². The number of aromatic nitrogens is 2. The lowest BCUT2D eigenvalue weighted by Crippen LogP contribution is -2.45. The molecule has 1 aromatic rings. The van der Waals surface area contributed by atoms with Crippen LogP contribution in [0.25, 0.3) is 0 Å². The van der Waals surface area contributed by atoms with Gasteiger partial charge in [-0.3, -0.25) is 0 Å². The molecule has 2 unspecified atom stereocenters. The Hall–Kier alpha value is -1.23. The van der Waals surface area contributed by atoms with Crippen molar-refractivity contribution in [2.24, 2.45) is 5.92 Å². The van der Waals surface area contributed by atoms with E-state index in [-0.39, 0.29) is 5.82 Å². The maximum Gasteiger partial charge on any atom is 0.225 e. The number of nitrogens with one attached hydrogen (secondary N) is 1. The average Bonchev–Trinajstić information content (AvgIpc) is 2.45. The third kappa shape index (κ3) is 3.86. The number of piperidine rings is 1. The van der Waals surface area contributed by atoms with E-state index in [1.54, 1.807) is 0 Å². The van der Waals surface area contributed by atoms with Crippen molar-refractivity contribution in [2.45, 2.75) is 39.2 Å². The molecular weight excluding hydrogens is 243 g/mol. The average molecular weight is 266 g/mol. The maximum atomic E-state index is 12.8. The molecule has 2 heterocycles. The van der Waals surface area contributed by atoms with E-state index < -0.39 is 0 Å². The van der Waals surface area contributed by atoms with Gasteiger partial charge in [0.2, 0.25) is 5.95 Å². The molecule has 19 heavy (non-hydrogen) atoms. The summed E-state index contributed by atoms with van der Waals surface area (Å²) in [6, 6.07) is 0.503. The van der Waals surface area contributed by atoms with Crippen LogP contribution in [0, 0.1) is 11.7 Å². The fraction of sp³-hybridized carbons (Fsp3) is 0.714. The predicted molar refractivity (Wildman–Crippen MR) is 74.7 cm³/mol. The summed E-state index contributed by atoms with van der Waals surface area (Å²) in [5.74, 6) is 0.873. The molecule has 1 saturated heterocycles. The van der Waals surface area contributed by atoms with Crippen LogP contribution in [-0.2, 0) is 0 Å². The fourth-order valence-corrected chi connectivity index (χ4v) is 2.61. The van der Waals surface area contributed by atoms with Crippen LogP contribution in [0.2, 0.25) is 0 Å². The van der Waals surface area contributed by atoms with Gasteiger partial charge in [-0.15, -0.1) is 0 Å². The van der Waals surface area contributed by atoms with Crippen molar-refractivity contribution in [3.8, 4) is 0 Å². The molecule has 0 amide bonds. The van der Waals surface area contributed by atoms with Crippen LogP contribution in [-0.4, -0.2) is 35.6 Å². The van der Waals surface area contributed by atoms with Crippen molar-refractivity contribution in [3.63, 3.8) is 0 Å². The molecule has 0 radical (unpaired) electrons. The normalized spacial score (nSPS) is 21.4. The molecule has 1 N–H and O–H groups in total. The van der Waals surface area contributed by atoms with Gasteiger partial charge >= 0.3 is 0 Å². The Kier molecular flexibility index (Phi) is 5.07. The van der Waals surface area contributed by atoms with Crippen molar-refractivity contribution in [2.75, 3.05) is 24.5 Å². The largest absolute Gasteiger partial charge is 0.340 e. The summed E-state index contributed by atoms with van der Waals surface area (Å²) in [6.07, 6.45) is 6.01. The van der Waals surface area contributed by atoms with E-state index in [2.05, 4.69) is 34.0 Å². The van der Waals surface area contributed by atoms with Gasteiger partial charge in [-0.1, -0.05) is 6.92 Å². The fourth-order valence-electron chi connectivity index (χ4n) is 2.61. The zero-order valence-electron chi connectivity index (χ0n) is 11.8. The topological polar surface area (TPSA) is 41.0 Å². The van der Waals surface area contributed by atoms with Gasteiger partial charge in [0.05, 0.1) is 12.4 Å². The third-order valence-corrected chi connectivity index (χ3v) is 3.77. The molecule has 1 aliphatic rings. The lowest BCUT2D eigenvalue weighted by Gasteiger charge is -2.36. The first-order chi connectivity index (χ1) is 9.20. The monoisotopic (exact) mass is 266 g/mol. The lowest BCUT2D eigenvalue weighted by molar-refractivity contribution is 0.319. The highest BCUT2D eigenvalue weighted by Gasteiger charge is 2.25. The molecule has 5 heteroatoms. The van der Waals surface area contributed by atoms with Crippen molar-refractivity contribution in [1.29, 1.82) is 0 Å². The highest BCUT2D eigenvalue weighted by molar-refractivity contribution is 5.29. The Balaban J connectivity index is 1.94. The van der Waals surface area contributed by atoms with Crippen LogP contribution in [0.3, 0.4) is 0 Å². The van der Waals surface area contributed by atoms with Gasteiger partial charge in [0.1, 0.15) is 0 Å². The first-order valence-electron chi connectivity index (χ1n) is 7.16. The highest BCUT2D eigenvalue weighted by atomic mass is 19.1. The molecule has 2 rings (SSSR count). The second kappa shape index (κ2) is 6.80. The number of hydrogen-bond donors (Lipinski definition) is 1. The Morgan fingerprint density at radius 2 is 2.21 bits per heavy atom. The minimum Gasteiger partial charge on any atom is -0.340 e. The smallest absolute Gasteiger partial charge is 0.225 e. The second-order valence-corrected chi connectivity index (χ2v) is 5.29. The standard InChI is InChI=1S/C14H23FN4/c1-3-6-16-11(2)12-5-4-7-19(10-12)14-17-8-13(15)9-18-14/h8-9,11-12,16H,3-7,10H2,1-2H3. The highest BCUT2D eigenvalue weighted by Crippen LogP contribution is 2.22. The Bertz CT molecular complexity index is 382. The molecule has 1 aliphatic heterocycles. The number of anilines is 1. The van der Waals surface area contributed by atoms with Crippen molar-refractivity contribution >= 4 is 5.95 Å². The quantitative estimate of drug-likeness (QED) is 0.887. The van der Waals surface area contributed by atoms with E-state index >= 15 is 0 Å².